The third kappa shape index (κ3) is 1.38. The molecule has 16 heavy (non-hydrogen) atoms. The Hall–Kier alpha value is -0.970. The maximum absolute atomic E-state index is 9.34. The molecule has 1 saturated heterocycles. The Morgan fingerprint density at radius 2 is 2.38 bits per heavy atom. The second-order valence-electron chi connectivity index (χ2n) is 3.93. The molecule has 2 aliphatic heterocycles. The van der Waals surface area contributed by atoms with Crippen LogP contribution in [0.25, 0.3) is 0 Å². The minimum atomic E-state index is -0.831. The molecule has 1 N–H and O–H groups in total. The van der Waals surface area contributed by atoms with Crippen molar-refractivity contribution in [2.75, 3.05) is 19.1 Å². The number of aromatic hydroxyl groups is 1. The van der Waals surface area contributed by atoms with Crippen molar-refractivity contribution < 1.29 is 19.3 Å². The highest BCUT2D eigenvalue weighted by Crippen LogP contribution is 2.45. The first-order valence-electron chi connectivity index (χ1n) is 5.07. The van der Waals surface area contributed by atoms with E-state index in [-0.39, 0.29) is 11.9 Å². The number of halogens is 1. The Labute approximate surface area is 97.7 Å². The Morgan fingerprint density at radius 3 is 3.12 bits per heavy atom. The number of phenols is 1. The van der Waals surface area contributed by atoms with E-state index in [0.29, 0.717) is 24.8 Å². The molecule has 2 atom stereocenters. The van der Waals surface area contributed by atoms with E-state index in [1.54, 1.807) is 18.2 Å². The molecule has 0 amide bonds. The lowest BCUT2D eigenvalue weighted by Crippen LogP contribution is -2.30. The van der Waals surface area contributed by atoms with Crippen molar-refractivity contribution in [3.63, 3.8) is 0 Å². The van der Waals surface area contributed by atoms with Gasteiger partial charge in [0.1, 0.15) is 18.1 Å². The number of fused-ring (bicyclic) bond motifs is 2. The molecule has 5 heteroatoms. The summed E-state index contributed by atoms with van der Waals surface area (Å²) in [4.78, 5) is 0. The van der Waals surface area contributed by atoms with E-state index in [9.17, 15) is 5.11 Å². The zero-order chi connectivity index (χ0) is 11.2. The molecular formula is C11H11ClO4. The van der Waals surface area contributed by atoms with Crippen LogP contribution in [-0.2, 0) is 15.3 Å². The topological polar surface area (TPSA) is 47.9 Å². The van der Waals surface area contributed by atoms with Crippen LogP contribution in [0.1, 0.15) is 5.56 Å². The van der Waals surface area contributed by atoms with E-state index in [2.05, 4.69) is 0 Å². The van der Waals surface area contributed by atoms with Crippen molar-refractivity contribution in [3.05, 3.63) is 23.8 Å². The zero-order valence-electron chi connectivity index (χ0n) is 8.48. The minimum absolute atomic E-state index is 0.106. The van der Waals surface area contributed by atoms with Crippen molar-refractivity contribution in [2.24, 2.45) is 0 Å². The number of hydrogen-bond acceptors (Lipinski definition) is 4. The lowest BCUT2D eigenvalue weighted by atomic mass is 10.1. The fourth-order valence-corrected chi connectivity index (χ4v) is 2.21. The van der Waals surface area contributed by atoms with E-state index < -0.39 is 5.79 Å². The minimum Gasteiger partial charge on any atom is -0.508 e. The monoisotopic (exact) mass is 242 g/mol. The number of rotatable bonds is 1. The van der Waals surface area contributed by atoms with Crippen LogP contribution in [0.5, 0.6) is 11.5 Å². The maximum Gasteiger partial charge on any atom is 0.234 e. The summed E-state index contributed by atoms with van der Waals surface area (Å²) in [5.41, 5.74) is 0.818. The maximum atomic E-state index is 9.34. The standard InChI is InChI=1S/C11H11ClO4/c12-4-8-5-15-11(16-8)6-14-10-3-7(13)1-2-9(10)11/h1-3,8,13H,4-6H2. The first kappa shape index (κ1) is 10.2. The molecule has 4 nitrogen and oxygen atoms in total. The summed E-state index contributed by atoms with van der Waals surface area (Å²) in [6.45, 7) is 0.770. The highest BCUT2D eigenvalue weighted by Gasteiger charge is 2.49. The van der Waals surface area contributed by atoms with Gasteiger partial charge < -0.3 is 19.3 Å². The Kier molecular flexibility index (Phi) is 2.24. The van der Waals surface area contributed by atoms with Crippen molar-refractivity contribution in [1.29, 1.82) is 0 Å². The summed E-state index contributed by atoms with van der Waals surface area (Å²) in [6, 6.07) is 4.91. The smallest absolute Gasteiger partial charge is 0.234 e. The van der Waals surface area contributed by atoms with Gasteiger partial charge in [0.05, 0.1) is 24.2 Å². The Balaban J connectivity index is 1.97. The summed E-state index contributed by atoms with van der Waals surface area (Å²) in [6.07, 6.45) is -0.106. The molecule has 0 aromatic heterocycles. The van der Waals surface area contributed by atoms with E-state index in [1.807, 2.05) is 0 Å². The highest BCUT2D eigenvalue weighted by molar-refractivity contribution is 6.18. The summed E-state index contributed by atoms with van der Waals surface area (Å²) >= 11 is 5.74. The van der Waals surface area contributed by atoms with Crippen LogP contribution in [0.3, 0.4) is 0 Å². The molecule has 2 aliphatic rings. The van der Waals surface area contributed by atoms with Crippen molar-refractivity contribution >= 4 is 11.6 Å². The fourth-order valence-electron chi connectivity index (χ4n) is 2.05. The van der Waals surface area contributed by atoms with Crippen molar-refractivity contribution in [3.8, 4) is 11.5 Å². The van der Waals surface area contributed by atoms with Crippen LogP contribution in [0.4, 0.5) is 0 Å². The summed E-state index contributed by atoms with van der Waals surface area (Å²) in [5.74, 6) is 0.343. The van der Waals surface area contributed by atoms with Crippen LogP contribution >= 0.6 is 11.6 Å². The highest BCUT2D eigenvalue weighted by atomic mass is 35.5. The fraction of sp³-hybridized carbons (Fsp3) is 0.455. The van der Waals surface area contributed by atoms with Gasteiger partial charge in [-0.1, -0.05) is 0 Å². The lowest BCUT2D eigenvalue weighted by Gasteiger charge is -2.20. The molecule has 86 valence electrons. The SMILES string of the molecule is Oc1ccc2c(c1)OCC21OCC(CCl)O1. The molecule has 2 unspecified atom stereocenters. The average Bonchev–Trinajstić information content (AvgIpc) is 2.85. The molecule has 0 aliphatic carbocycles. The predicted octanol–water partition coefficient (Wildman–Crippen LogP) is 1.59. The normalized spacial score (nSPS) is 31.7. The van der Waals surface area contributed by atoms with Gasteiger partial charge in [-0.25, -0.2) is 0 Å². The van der Waals surface area contributed by atoms with E-state index in [0.717, 1.165) is 5.56 Å². The second-order valence-corrected chi connectivity index (χ2v) is 4.24. The van der Waals surface area contributed by atoms with Gasteiger partial charge in [-0.2, -0.15) is 0 Å². The quantitative estimate of drug-likeness (QED) is 0.760. The zero-order valence-corrected chi connectivity index (χ0v) is 9.24. The van der Waals surface area contributed by atoms with E-state index in [1.165, 1.54) is 0 Å². The van der Waals surface area contributed by atoms with Gasteiger partial charge in [-0.3, -0.25) is 0 Å². The summed E-state index contributed by atoms with van der Waals surface area (Å²) in [7, 11) is 0. The molecule has 0 saturated carbocycles. The Bertz CT molecular complexity index is 422. The van der Waals surface area contributed by atoms with Gasteiger partial charge in [-0.15, -0.1) is 11.6 Å². The predicted molar refractivity (Wildman–Crippen MR) is 56.8 cm³/mol. The van der Waals surface area contributed by atoms with Gasteiger partial charge in [0.2, 0.25) is 5.79 Å². The third-order valence-electron chi connectivity index (χ3n) is 2.82. The van der Waals surface area contributed by atoms with Gasteiger partial charge >= 0.3 is 0 Å². The Morgan fingerprint density at radius 1 is 1.50 bits per heavy atom. The molecule has 0 bridgehead atoms. The average molecular weight is 243 g/mol. The number of ether oxygens (including phenoxy) is 3. The van der Waals surface area contributed by atoms with Gasteiger partial charge in [0.15, 0.2) is 0 Å². The molecule has 1 aromatic carbocycles. The largest absolute Gasteiger partial charge is 0.508 e. The number of phenolic OH excluding ortho intramolecular Hbond substituents is 1. The van der Waals surface area contributed by atoms with Gasteiger partial charge in [0, 0.05) is 6.07 Å². The molecular weight excluding hydrogens is 232 g/mol. The van der Waals surface area contributed by atoms with Crippen molar-refractivity contribution in [1.82, 2.24) is 0 Å². The summed E-state index contributed by atoms with van der Waals surface area (Å²) < 4.78 is 16.9. The second kappa shape index (κ2) is 3.52. The van der Waals surface area contributed by atoms with Crippen molar-refractivity contribution in [2.45, 2.75) is 11.9 Å². The van der Waals surface area contributed by atoms with E-state index >= 15 is 0 Å². The van der Waals surface area contributed by atoms with Gasteiger partial charge in [0.25, 0.3) is 0 Å². The van der Waals surface area contributed by atoms with Crippen LogP contribution in [-0.4, -0.2) is 30.3 Å². The number of alkyl halides is 1. The summed E-state index contributed by atoms with van der Waals surface area (Å²) in [5, 5.41) is 9.34. The number of hydrogen-bond donors (Lipinski definition) is 1. The van der Waals surface area contributed by atoms with Crippen LogP contribution in [0.15, 0.2) is 18.2 Å². The van der Waals surface area contributed by atoms with Crippen LogP contribution in [0, 0.1) is 0 Å². The first-order valence-corrected chi connectivity index (χ1v) is 5.61. The number of benzene rings is 1. The van der Waals surface area contributed by atoms with Crippen LogP contribution in [0.2, 0.25) is 0 Å². The van der Waals surface area contributed by atoms with E-state index in [4.69, 9.17) is 25.8 Å². The molecule has 2 heterocycles. The molecule has 3 rings (SSSR count). The molecule has 1 aromatic rings. The van der Waals surface area contributed by atoms with Gasteiger partial charge in [-0.05, 0) is 12.1 Å². The van der Waals surface area contributed by atoms with Crippen LogP contribution < -0.4 is 4.74 Å². The third-order valence-corrected chi connectivity index (χ3v) is 3.17. The molecule has 0 radical (unpaired) electrons. The molecule has 1 fully saturated rings. The molecule has 1 spiro atoms. The first-order chi connectivity index (χ1) is 7.73. The lowest BCUT2D eigenvalue weighted by molar-refractivity contribution is -0.179.